The van der Waals surface area contributed by atoms with E-state index in [-0.39, 0.29) is 11.1 Å². The van der Waals surface area contributed by atoms with Crippen molar-refractivity contribution in [1.82, 2.24) is 9.80 Å². The molecule has 0 bridgehead atoms. The van der Waals surface area contributed by atoms with Gasteiger partial charge in [-0.3, -0.25) is 9.80 Å². The Morgan fingerprint density at radius 2 is 1.53 bits per heavy atom. The van der Waals surface area contributed by atoms with Gasteiger partial charge in [-0.05, 0) is 59.1 Å². The molecule has 0 aliphatic carbocycles. The second-order valence-electron chi connectivity index (χ2n) is 11.4. The van der Waals surface area contributed by atoms with Crippen molar-refractivity contribution in [2.75, 3.05) is 26.2 Å². The predicted octanol–water partition coefficient (Wildman–Crippen LogP) is 6.85. The number of hydrogen-bond donors (Lipinski definition) is 0. The van der Waals surface area contributed by atoms with E-state index in [0.717, 1.165) is 38.5 Å². The summed E-state index contributed by atoms with van der Waals surface area (Å²) in [5.74, 6) is 0.959. The molecule has 0 unspecified atom stereocenters. The Hall–Kier alpha value is -2.91. The Labute approximate surface area is 218 Å². The first-order valence-electron chi connectivity index (χ1n) is 13.0. The number of piperazine rings is 1. The summed E-state index contributed by atoms with van der Waals surface area (Å²) in [5.41, 5.74) is 4.52. The molecule has 1 aliphatic rings. The fraction of sp³-hybridized carbons (Fsp3) is 0.387. The SMILES string of the molecule is CC(C)(C)[Si](C)(C)Oc1cccc([C@@H](c2ccc(C#N)cc2)N2CCN(Cc3ccccc3)CC2)c1. The number of nitriles is 1. The number of hydrogen-bond acceptors (Lipinski definition) is 4. The molecule has 5 heteroatoms. The van der Waals surface area contributed by atoms with E-state index in [2.05, 4.69) is 116 Å². The standard InChI is InChI=1S/C31H39N3OSi/c1-31(2,3)36(4,5)35-29-13-9-12-28(22-29)30(27-16-14-25(23-32)15-17-27)34-20-18-33(19-21-34)24-26-10-7-6-8-11-26/h6-17,22,30H,18-21,24H2,1-5H3/t30-/m1/s1. The summed E-state index contributed by atoms with van der Waals surface area (Å²) in [6.07, 6.45) is 0. The van der Waals surface area contributed by atoms with Gasteiger partial charge in [-0.2, -0.15) is 5.26 Å². The van der Waals surface area contributed by atoms with Crippen LogP contribution in [0.25, 0.3) is 0 Å². The van der Waals surface area contributed by atoms with Crippen LogP contribution in [0.2, 0.25) is 18.1 Å². The molecule has 1 atom stereocenters. The highest BCUT2D eigenvalue weighted by Gasteiger charge is 2.39. The maximum atomic E-state index is 9.31. The smallest absolute Gasteiger partial charge is 0.250 e. The highest BCUT2D eigenvalue weighted by molar-refractivity contribution is 6.74. The predicted molar refractivity (Wildman–Crippen MR) is 151 cm³/mol. The van der Waals surface area contributed by atoms with Gasteiger partial charge in [-0.15, -0.1) is 0 Å². The van der Waals surface area contributed by atoms with E-state index in [4.69, 9.17) is 4.43 Å². The van der Waals surface area contributed by atoms with Crippen molar-refractivity contribution in [2.24, 2.45) is 0 Å². The minimum absolute atomic E-state index is 0.125. The van der Waals surface area contributed by atoms with Gasteiger partial charge in [0, 0.05) is 32.7 Å². The maximum absolute atomic E-state index is 9.31. The maximum Gasteiger partial charge on any atom is 0.250 e. The van der Waals surface area contributed by atoms with Crippen molar-refractivity contribution >= 4 is 8.32 Å². The van der Waals surface area contributed by atoms with Crippen molar-refractivity contribution < 1.29 is 4.43 Å². The van der Waals surface area contributed by atoms with E-state index >= 15 is 0 Å². The van der Waals surface area contributed by atoms with Crippen molar-refractivity contribution in [2.45, 2.75) is 51.5 Å². The first kappa shape index (κ1) is 26.2. The van der Waals surface area contributed by atoms with E-state index in [9.17, 15) is 5.26 Å². The van der Waals surface area contributed by atoms with Crippen LogP contribution < -0.4 is 4.43 Å². The van der Waals surface area contributed by atoms with Gasteiger partial charge in [0.1, 0.15) is 5.75 Å². The van der Waals surface area contributed by atoms with Crippen LogP contribution in [0.3, 0.4) is 0 Å². The van der Waals surface area contributed by atoms with Crippen LogP contribution in [-0.2, 0) is 6.54 Å². The van der Waals surface area contributed by atoms with Crippen LogP contribution in [0.15, 0.2) is 78.9 Å². The van der Waals surface area contributed by atoms with Gasteiger partial charge in [-0.25, -0.2) is 0 Å². The summed E-state index contributed by atoms with van der Waals surface area (Å²) in [6, 6.07) is 29.9. The highest BCUT2D eigenvalue weighted by Crippen LogP contribution is 2.38. The number of rotatable bonds is 7. The minimum Gasteiger partial charge on any atom is -0.543 e. The van der Waals surface area contributed by atoms with E-state index in [1.807, 2.05) is 12.1 Å². The van der Waals surface area contributed by atoms with Gasteiger partial charge < -0.3 is 4.43 Å². The molecule has 1 fully saturated rings. The summed E-state index contributed by atoms with van der Waals surface area (Å²) in [6.45, 7) is 16.4. The molecule has 4 nitrogen and oxygen atoms in total. The lowest BCUT2D eigenvalue weighted by molar-refractivity contribution is 0.105. The molecular formula is C31H39N3OSi. The summed E-state index contributed by atoms with van der Waals surface area (Å²) >= 11 is 0. The highest BCUT2D eigenvalue weighted by atomic mass is 28.4. The summed E-state index contributed by atoms with van der Waals surface area (Å²) in [5, 5.41) is 9.46. The Balaban J connectivity index is 1.58. The number of nitrogens with zero attached hydrogens (tertiary/aromatic N) is 3. The third-order valence-electron chi connectivity index (χ3n) is 7.73. The second-order valence-corrected chi connectivity index (χ2v) is 16.1. The van der Waals surface area contributed by atoms with Gasteiger partial charge >= 0.3 is 0 Å². The second kappa shape index (κ2) is 11.0. The van der Waals surface area contributed by atoms with Crippen LogP contribution in [-0.4, -0.2) is 44.3 Å². The van der Waals surface area contributed by atoms with E-state index < -0.39 is 8.32 Å². The minimum atomic E-state index is -1.94. The topological polar surface area (TPSA) is 39.5 Å². The first-order valence-corrected chi connectivity index (χ1v) is 15.9. The van der Waals surface area contributed by atoms with Crippen LogP contribution >= 0.6 is 0 Å². The van der Waals surface area contributed by atoms with E-state index in [1.165, 1.54) is 16.7 Å². The average Bonchev–Trinajstić information content (AvgIpc) is 2.86. The lowest BCUT2D eigenvalue weighted by atomic mass is 9.95. The van der Waals surface area contributed by atoms with Gasteiger partial charge in [0.15, 0.2) is 0 Å². The van der Waals surface area contributed by atoms with Crippen molar-refractivity contribution in [3.05, 3.63) is 101 Å². The van der Waals surface area contributed by atoms with E-state index in [0.29, 0.717) is 5.56 Å². The molecule has 0 N–H and O–H groups in total. The van der Waals surface area contributed by atoms with Gasteiger partial charge in [0.2, 0.25) is 8.32 Å². The molecule has 0 radical (unpaired) electrons. The molecule has 0 aromatic heterocycles. The largest absolute Gasteiger partial charge is 0.543 e. The van der Waals surface area contributed by atoms with Gasteiger partial charge in [0.25, 0.3) is 0 Å². The molecule has 0 saturated carbocycles. The zero-order valence-corrected chi connectivity index (χ0v) is 23.4. The van der Waals surface area contributed by atoms with Crippen LogP contribution in [0.1, 0.15) is 49.1 Å². The normalized spacial score (nSPS) is 16.3. The quantitative estimate of drug-likeness (QED) is 0.335. The summed E-state index contributed by atoms with van der Waals surface area (Å²) in [4.78, 5) is 5.12. The van der Waals surface area contributed by atoms with Crippen LogP contribution in [0.5, 0.6) is 5.75 Å². The molecular weight excluding hydrogens is 458 g/mol. The fourth-order valence-corrected chi connectivity index (χ4v) is 5.59. The molecule has 36 heavy (non-hydrogen) atoms. The number of benzene rings is 3. The third kappa shape index (κ3) is 6.25. The zero-order valence-electron chi connectivity index (χ0n) is 22.4. The third-order valence-corrected chi connectivity index (χ3v) is 12.1. The Morgan fingerprint density at radius 1 is 0.861 bits per heavy atom. The molecule has 0 amide bonds. The Bertz CT molecular complexity index is 1170. The molecule has 1 aliphatic heterocycles. The molecule has 1 saturated heterocycles. The summed E-state index contributed by atoms with van der Waals surface area (Å²) < 4.78 is 6.67. The average molecular weight is 498 g/mol. The molecule has 4 rings (SSSR count). The van der Waals surface area contributed by atoms with Gasteiger partial charge in [0.05, 0.1) is 17.7 Å². The molecule has 0 spiro atoms. The van der Waals surface area contributed by atoms with Crippen LogP contribution in [0.4, 0.5) is 0 Å². The van der Waals surface area contributed by atoms with Crippen molar-refractivity contribution in [3.8, 4) is 11.8 Å². The van der Waals surface area contributed by atoms with Crippen molar-refractivity contribution in [3.63, 3.8) is 0 Å². The Morgan fingerprint density at radius 3 is 2.14 bits per heavy atom. The lowest BCUT2D eigenvalue weighted by Crippen LogP contribution is -2.47. The fourth-order valence-electron chi connectivity index (χ4n) is 4.57. The van der Waals surface area contributed by atoms with E-state index in [1.54, 1.807) is 0 Å². The molecule has 1 heterocycles. The molecule has 188 valence electrons. The summed E-state index contributed by atoms with van der Waals surface area (Å²) in [7, 11) is -1.94. The van der Waals surface area contributed by atoms with Crippen LogP contribution in [0, 0.1) is 11.3 Å². The Kier molecular flexibility index (Phi) is 7.99. The van der Waals surface area contributed by atoms with Gasteiger partial charge in [-0.1, -0.05) is 75.4 Å². The molecule has 3 aromatic rings. The first-order chi connectivity index (χ1) is 17.2. The molecule has 3 aromatic carbocycles. The van der Waals surface area contributed by atoms with Crippen molar-refractivity contribution in [1.29, 1.82) is 5.26 Å². The zero-order chi connectivity index (χ0) is 25.8. The monoisotopic (exact) mass is 497 g/mol. The lowest BCUT2D eigenvalue weighted by Gasteiger charge is -2.40.